The summed E-state index contributed by atoms with van der Waals surface area (Å²) in [4.78, 5) is 0. The third-order valence-electron chi connectivity index (χ3n) is 3.34. The van der Waals surface area contributed by atoms with E-state index in [1.807, 2.05) is 0 Å². The second kappa shape index (κ2) is 1.47. The van der Waals surface area contributed by atoms with Crippen molar-refractivity contribution in [2.45, 2.75) is 12.8 Å². The minimum Gasteiger partial charge on any atom is -0.175 e. The molecular weight excluding hydrogens is 132 g/mol. The molecule has 0 heteroatoms. The molecule has 0 saturated heterocycles. The molecule has 0 aromatic carbocycles. The lowest BCUT2D eigenvalue weighted by atomic mass is 9.96. The Kier molecular flexibility index (Phi) is 0.764. The standard InChI is InChI=1S/C11H11/c1-2-5-10-7-4-8-11(10,9-10)6-3-1/h1-7H,8-9H2/q-1/t10-,11+/m0/s1. The van der Waals surface area contributed by atoms with E-state index in [9.17, 15) is 0 Å². The highest BCUT2D eigenvalue weighted by Crippen LogP contribution is 2.72. The van der Waals surface area contributed by atoms with Gasteiger partial charge in [-0.1, -0.05) is 18.6 Å². The minimum atomic E-state index is 0.441. The monoisotopic (exact) mass is 143 g/mol. The molecule has 1 saturated carbocycles. The lowest BCUT2D eigenvalue weighted by molar-refractivity contribution is 0.596. The van der Waals surface area contributed by atoms with Gasteiger partial charge in [-0.15, -0.1) is 0 Å². The minimum absolute atomic E-state index is 0.441. The Labute approximate surface area is 67.3 Å². The second-order valence-corrected chi connectivity index (χ2v) is 3.89. The molecule has 3 aliphatic carbocycles. The quantitative estimate of drug-likeness (QED) is 0.361. The molecule has 0 bridgehead atoms. The summed E-state index contributed by atoms with van der Waals surface area (Å²) >= 11 is 0. The second-order valence-electron chi connectivity index (χ2n) is 3.89. The van der Waals surface area contributed by atoms with Gasteiger partial charge in [-0.05, 0) is 17.3 Å². The van der Waals surface area contributed by atoms with Crippen LogP contribution in [0.2, 0.25) is 0 Å². The first-order valence-corrected chi connectivity index (χ1v) is 4.25. The van der Waals surface area contributed by atoms with Gasteiger partial charge in [0, 0.05) is 0 Å². The Balaban J connectivity index is 2.14. The van der Waals surface area contributed by atoms with Gasteiger partial charge in [0.1, 0.15) is 0 Å². The van der Waals surface area contributed by atoms with Crippen LogP contribution in [0, 0.1) is 17.3 Å². The van der Waals surface area contributed by atoms with E-state index in [0.29, 0.717) is 10.8 Å². The first-order valence-electron chi connectivity index (χ1n) is 4.25. The fourth-order valence-corrected chi connectivity index (χ4v) is 2.54. The van der Waals surface area contributed by atoms with Crippen LogP contribution < -0.4 is 0 Å². The average Bonchev–Trinajstić information content (AvgIpc) is 2.51. The molecule has 0 aromatic rings. The Morgan fingerprint density at radius 2 is 2.00 bits per heavy atom. The largest absolute Gasteiger partial charge is 0.175 e. The maximum atomic E-state index is 2.38. The summed E-state index contributed by atoms with van der Waals surface area (Å²) in [5, 5.41) is 0. The van der Waals surface area contributed by atoms with E-state index in [0.717, 1.165) is 0 Å². The van der Waals surface area contributed by atoms with Crippen LogP contribution in [0.1, 0.15) is 12.8 Å². The molecular formula is C11H11-. The summed E-state index contributed by atoms with van der Waals surface area (Å²) in [5.74, 6) is 0. The molecule has 0 spiro atoms. The highest BCUT2D eigenvalue weighted by atomic mass is 14.7. The summed E-state index contributed by atoms with van der Waals surface area (Å²) in [7, 11) is 0. The summed E-state index contributed by atoms with van der Waals surface area (Å²) in [5.41, 5.74) is 0.951. The zero-order valence-electron chi connectivity index (χ0n) is 6.46. The molecule has 0 radical (unpaired) electrons. The van der Waals surface area contributed by atoms with E-state index in [2.05, 4.69) is 42.9 Å². The Morgan fingerprint density at radius 3 is 3.00 bits per heavy atom. The summed E-state index contributed by atoms with van der Waals surface area (Å²) in [6, 6.07) is 0. The van der Waals surface area contributed by atoms with Crippen molar-refractivity contribution >= 4 is 0 Å². The Bertz CT molecular complexity index is 282. The van der Waals surface area contributed by atoms with Crippen molar-refractivity contribution in [2.24, 2.45) is 10.8 Å². The van der Waals surface area contributed by atoms with Crippen molar-refractivity contribution in [3.8, 4) is 0 Å². The molecule has 56 valence electrons. The molecule has 0 nitrogen and oxygen atoms in total. The molecule has 2 atom stereocenters. The average molecular weight is 143 g/mol. The molecule has 1 fully saturated rings. The van der Waals surface area contributed by atoms with Gasteiger partial charge in [-0.2, -0.15) is 30.7 Å². The number of hydrogen-bond donors (Lipinski definition) is 0. The predicted molar refractivity (Wildman–Crippen MR) is 45.8 cm³/mol. The zero-order valence-corrected chi connectivity index (χ0v) is 6.46. The van der Waals surface area contributed by atoms with E-state index in [1.54, 1.807) is 0 Å². The first kappa shape index (κ1) is 5.70. The molecule has 0 heterocycles. The fourth-order valence-electron chi connectivity index (χ4n) is 2.54. The van der Waals surface area contributed by atoms with E-state index < -0.39 is 0 Å². The summed E-state index contributed by atoms with van der Waals surface area (Å²) < 4.78 is 0. The van der Waals surface area contributed by atoms with Gasteiger partial charge in [-0.3, -0.25) is 0 Å². The smallest absolute Gasteiger partial charge is 0.0363 e. The van der Waals surface area contributed by atoms with E-state index >= 15 is 0 Å². The predicted octanol–water partition coefficient (Wildman–Crippen LogP) is 2.65. The van der Waals surface area contributed by atoms with E-state index in [-0.39, 0.29) is 0 Å². The van der Waals surface area contributed by atoms with Gasteiger partial charge in [0.2, 0.25) is 0 Å². The Hall–Kier alpha value is -0.910. The topological polar surface area (TPSA) is 0 Å². The highest BCUT2D eigenvalue weighted by molar-refractivity contribution is 5.44. The first-order chi connectivity index (χ1) is 5.37. The van der Waals surface area contributed by atoms with Crippen molar-refractivity contribution < 1.29 is 0 Å². The van der Waals surface area contributed by atoms with Gasteiger partial charge in [0.25, 0.3) is 0 Å². The summed E-state index contributed by atoms with van der Waals surface area (Å²) in [6.45, 7) is 0. The molecule has 0 amide bonds. The van der Waals surface area contributed by atoms with Crippen LogP contribution in [0.15, 0.2) is 36.5 Å². The number of hydrogen-bond acceptors (Lipinski definition) is 0. The van der Waals surface area contributed by atoms with Crippen molar-refractivity contribution in [3.05, 3.63) is 42.9 Å². The lowest BCUT2D eigenvalue weighted by Gasteiger charge is -2.13. The number of allylic oxidation sites excluding steroid dienone is 6. The summed E-state index contributed by atoms with van der Waals surface area (Å²) in [6.07, 6.45) is 18.5. The van der Waals surface area contributed by atoms with Crippen LogP contribution in [0.3, 0.4) is 0 Å². The van der Waals surface area contributed by atoms with Crippen LogP contribution in [0.5, 0.6) is 0 Å². The zero-order chi connectivity index (χ0) is 7.36. The fraction of sp³-hybridized carbons (Fsp3) is 0.364. The third kappa shape index (κ3) is 0.505. The molecule has 3 rings (SSSR count). The number of rotatable bonds is 0. The van der Waals surface area contributed by atoms with Gasteiger partial charge in [0.05, 0.1) is 0 Å². The van der Waals surface area contributed by atoms with Crippen LogP contribution in [0.4, 0.5) is 0 Å². The maximum Gasteiger partial charge on any atom is -0.0363 e. The molecule has 3 aliphatic rings. The van der Waals surface area contributed by atoms with Crippen molar-refractivity contribution in [1.82, 2.24) is 0 Å². The van der Waals surface area contributed by atoms with Crippen LogP contribution in [0.25, 0.3) is 0 Å². The van der Waals surface area contributed by atoms with Gasteiger partial charge < -0.3 is 0 Å². The third-order valence-corrected chi connectivity index (χ3v) is 3.34. The van der Waals surface area contributed by atoms with Crippen LogP contribution in [-0.4, -0.2) is 0 Å². The molecule has 0 aliphatic heterocycles. The van der Waals surface area contributed by atoms with Crippen molar-refractivity contribution in [3.63, 3.8) is 0 Å². The Morgan fingerprint density at radius 1 is 1.09 bits per heavy atom. The van der Waals surface area contributed by atoms with Gasteiger partial charge in [-0.25, -0.2) is 0 Å². The molecule has 0 N–H and O–H groups in total. The molecule has 0 unspecified atom stereocenters. The lowest BCUT2D eigenvalue weighted by Crippen LogP contribution is -1.99. The molecule has 11 heavy (non-hydrogen) atoms. The van der Waals surface area contributed by atoms with Crippen molar-refractivity contribution in [2.75, 3.05) is 0 Å². The van der Waals surface area contributed by atoms with Crippen LogP contribution in [-0.2, 0) is 0 Å². The maximum absolute atomic E-state index is 2.38. The molecule has 0 aromatic heterocycles. The highest BCUT2D eigenvalue weighted by Gasteiger charge is 2.59. The van der Waals surface area contributed by atoms with Gasteiger partial charge in [0.15, 0.2) is 0 Å². The SMILES string of the molecule is C1=C[C@@]23C=CC[C@]2(C=C[CH-]1)C3. The van der Waals surface area contributed by atoms with Crippen molar-refractivity contribution in [1.29, 1.82) is 0 Å². The normalized spacial score (nSPS) is 49.5. The van der Waals surface area contributed by atoms with E-state index in [4.69, 9.17) is 0 Å². The van der Waals surface area contributed by atoms with E-state index in [1.165, 1.54) is 12.8 Å². The van der Waals surface area contributed by atoms with Crippen LogP contribution >= 0.6 is 0 Å². The van der Waals surface area contributed by atoms with Gasteiger partial charge >= 0.3 is 0 Å².